The lowest BCUT2D eigenvalue weighted by atomic mass is 10.2. The SMILES string of the molecule is CC(C)c1nc2c(O)n(-c3cccc(C(F)(F)F)c3)c(O)c2s1. The highest BCUT2D eigenvalue weighted by molar-refractivity contribution is 7.19. The number of aromatic hydroxyl groups is 2. The molecule has 4 nitrogen and oxygen atoms in total. The molecular weight excluding hydrogens is 329 g/mol. The van der Waals surface area contributed by atoms with Gasteiger partial charge in [-0.05, 0) is 18.2 Å². The topological polar surface area (TPSA) is 58.3 Å². The molecule has 0 saturated carbocycles. The van der Waals surface area contributed by atoms with Crippen LogP contribution in [0.1, 0.15) is 30.3 Å². The zero-order valence-electron chi connectivity index (χ0n) is 12.2. The van der Waals surface area contributed by atoms with Crippen LogP contribution in [-0.2, 0) is 6.18 Å². The van der Waals surface area contributed by atoms with E-state index in [1.54, 1.807) is 0 Å². The molecule has 0 aliphatic rings. The van der Waals surface area contributed by atoms with E-state index in [1.807, 2.05) is 13.8 Å². The van der Waals surface area contributed by atoms with Crippen molar-refractivity contribution in [3.8, 4) is 17.4 Å². The lowest BCUT2D eigenvalue weighted by Crippen LogP contribution is -2.05. The summed E-state index contributed by atoms with van der Waals surface area (Å²) in [5.74, 6) is -0.575. The second-order valence-electron chi connectivity index (χ2n) is 5.42. The Hall–Kier alpha value is -2.22. The number of nitrogens with zero attached hydrogens (tertiary/aromatic N) is 2. The summed E-state index contributed by atoms with van der Waals surface area (Å²) in [5.41, 5.74) is -0.651. The Balaban J connectivity index is 2.19. The average molecular weight is 342 g/mol. The van der Waals surface area contributed by atoms with Gasteiger partial charge in [-0.1, -0.05) is 19.9 Å². The van der Waals surface area contributed by atoms with Crippen LogP contribution < -0.4 is 0 Å². The molecular formula is C15H13F3N2O2S. The number of thiazole rings is 1. The summed E-state index contributed by atoms with van der Waals surface area (Å²) < 4.78 is 39.8. The summed E-state index contributed by atoms with van der Waals surface area (Å²) in [5, 5.41) is 21.3. The number of fused-ring (bicyclic) bond motifs is 1. The first-order valence-corrected chi connectivity index (χ1v) is 7.62. The minimum atomic E-state index is -4.51. The van der Waals surface area contributed by atoms with E-state index >= 15 is 0 Å². The minimum absolute atomic E-state index is 0.0196. The Morgan fingerprint density at radius 2 is 1.87 bits per heavy atom. The van der Waals surface area contributed by atoms with Gasteiger partial charge >= 0.3 is 6.18 Å². The molecule has 1 aromatic carbocycles. The van der Waals surface area contributed by atoms with E-state index < -0.39 is 11.7 Å². The van der Waals surface area contributed by atoms with Gasteiger partial charge in [-0.3, -0.25) is 0 Å². The zero-order valence-corrected chi connectivity index (χ0v) is 13.0. The highest BCUT2D eigenvalue weighted by Gasteiger charge is 2.31. The lowest BCUT2D eigenvalue weighted by Gasteiger charge is -2.11. The first kappa shape index (κ1) is 15.7. The highest BCUT2D eigenvalue weighted by atomic mass is 32.1. The molecule has 3 rings (SSSR count). The van der Waals surface area contributed by atoms with E-state index in [1.165, 1.54) is 23.5 Å². The molecule has 2 heterocycles. The van der Waals surface area contributed by atoms with Gasteiger partial charge in [0, 0.05) is 5.92 Å². The van der Waals surface area contributed by atoms with Crippen LogP contribution in [0.25, 0.3) is 15.9 Å². The fraction of sp³-hybridized carbons (Fsp3) is 0.267. The Labute approximate surface area is 133 Å². The van der Waals surface area contributed by atoms with Crippen molar-refractivity contribution in [1.82, 2.24) is 9.55 Å². The van der Waals surface area contributed by atoms with Crippen LogP contribution in [0.15, 0.2) is 24.3 Å². The largest absolute Gasteiger partial charge is 0.493 e. The molecule has 23 heavy (non-hydrogen) atoms. The molecule has 2 N–H and O–H groups in total. The van der Waals surface area contributed by atoms with Crippen molar-refractivity contribution < 1.29 is 23.4 Å². The molecule has 122 valence electrons. The monoisotopic (exact) mass is 342 g/mol. The van der Waals surface area contributed by atoms with Gasteiger partial charge in [0.05, 0.1) is 16.3 Å². The van der Waals surface area contributed by atoms with Crippen molar-refractivity contribution in [3.63, 3.8) is 0 Å². The molecule has 0 aliphatic carbocycles. The van der Waals surface area contributed by atoms with E-state index in [4.69, 9.17) is 0 Å². The van der Waals surface area contributed by atoms with Gasteiger partial charge in [0.2, 0.25) is 11.8 Å². The molecule has 0 saturated heterocycles. The van der Waals surface area contributed by atoms with E-state index in [0.717, 1.165) is 21.7 Å². The van der Waals surface area contributed by atoms with E-state index in [2.05, 4.69) is 4.98 Å². The van der Waals surface area contributed by atoms with Gasteiger partial charge < -0.3 is 10.2 Å². The van der Waals surface area contributed by atoms with Crippen molar-refractivity contribution in [2.75, 3.05) is 0 Å². The quantitative estimate of drug-likeness (QED) is 0.713. The summed E-state index contributed by atoms with van der Waals surface area (Å²) in [7, 11) is 0. The first-order chi connectivity index (χ1) is 10.7. The van der Waals surface area contributed by atoms with E-state index in [0.29, 0.717) is 4.70 Å². The third-order valence-corrected chi connectivity index (χ3v) is 4.76. The molecule has 8 heteroatoms. The van der Waals surface area contributed by atoms with Crippen LogP contribution in [0.4, 0.5) is 13.2 Å². The second-order valence-corrected chi connectivity index (χ2v) is 6.45. The first-order valence-electron chi connectivity index (χ1n) is 6.81. The maximum absolute atomic E-state index is 12.8. The summed E-state index contributed by atoms with van der Waals surface area (Å²) >= 11 is 1.21. The molecule has 0 unspecified atom stereocenters. The van der Waals surface area contributed by atoms with Crippen molar-refractivity contribution in [2.45, 2.75) is 25.9 Å². The van der Waals surface area contributed by atoms with E-state index in [9.17, 15) is 23.4 Å². The zero-order chi connectivity index (χ0) is 16.9. The number of benzene rings is 1. The standard InChI is InChI=1S/C15H13F3N2O2S/c1-7(2)12-19-10-11(23-12)14(22)20(13(10)21)9-5-3-4-8(6-9)15(16,17)18/h3-7,21-22H,1-2H3. The Bertz CT molecular complexity index is 843. The van der Waals surface area contributed by atoms with Gasteiger partial charge in [-0.15, -0.1) is 11.3 Å². The smallest absolute Gasteiger partial charge is 0.416 e. The molecule has 0 radical (unpaired) electrons. The van der Waals surface area contributed by atoms with Gasteiger partial charge in [-0.25, -0.2) is 9.55 Å². The summed E-state index contributed by atoms with van der Waals surface area (Å²) in [6.45, 7) is 3.85. The highest BCUT2D eigenvalue weighted by Crippen LogP contribution is 2.43. The maximum Gasteiger partial charge on any atom is 0.416 e. The average Bonchev–Trinajstić information content (AvgIpc) is 3.00. The normalized spacial score (nSPS) is 12.4. The van der Waals surface area contributed by atoms with Crippen LogP contribution in [0.2, 0.25) is 0 Å². The number of alkyl halides is 3. The van der Waals surface area contributed by atoms with E-state index in [-0.39, 0.29) is 28.9 Å². The van der Waals surface area contributed by atoms with Crippen LogP contribution in [0, 0.1) is 0 Å². The Morgan fingerprint density at radius 3 is 2.43 bits per heavy atom. The third kappa shape index (κ3) is 2.52. The van der Waals surface area contributed by atoms with Crippen LogP contribution in [0.5, 0.6) is 11.8 Å². The minimum Gasteiger partial charge on any atom is -0.493 e. The molecule has 0 amide bonds. The molecule has 2 aromatic heterocycles. The molecule has 0 bridgehead atoms. The number of halogens is 3. The third-order valence-electron chi connectivity index (χ3n) is 3.41. The molecule has 0 spiro atoms. The fourth-order valence-corrected chi connectivity index (χ4v) is 3.26. The fourth-order valence-electron chi connectivity index (χ4n) is 2.26. The van der Waals surface area contributed by atoms with Crippen LogP contribution >= 0.6 is 11.3 Å². The number of rotatable bonds is 2. The second kappa shape index (κ2) is 5.16. The number of aromatic nitrogens is 2. The summed E-state index contributed by atoms with van der Waals surface area (Å²) in [6.07, 6.45) is -4.51. The summed E-state index contributed by atoms with van der Waals surface area (Å²) in [4.78, 5) is 4.26. The molecule has 0 fully saturated rings. The molecule has 0 aliphatic heterocycles. The predicted octanol–water partition coefficient (Wildman–Crippen LogP) is 4.64. The van der Waals surface area contributed by atoms with Crippen LogP contribution in [-0.4, -0.2) is 19.8 Å². The number of hydrogen-bond acceptors (Lipinski definition) is 4. The number of hydrogen-bond donors (Lipinski definition) is 2. The lowest BCUT2D eigenvalue weighted by molar-refractivity contribution is -0.137. The van der Waals surface area contributed by atoms with Crippen molar-refractivity contribution in [2.24, 2.45) is 0 Å². The Kier molecular flexibility index (Phi) is 3.51. The van der Waals surface area contributed by atoms with Crippen LogP contribution in [0.3, 0.4) is 0 Å². The van der Waals surface area contributed by atoms with Crippen molar-refractivity contribution in [1.29, 1.82) is 0 Å². The predicted molar refractivity (Wildman–Crippen MR) is 81.4 cm³/mol. The molecule has 3 aromatic rings. The van der Waals surface area contributed by atoms with Gasteiger partial charge in [0.1, 0.15) is 10.2 Å². The van der Waals surface area contributed by atoms with Gasteiger partial charge in [0.15, 0.2) is 0 Å². The Morgan fingerprint density at radius 1 is 1.17 bits per heavy atom. The maximum atomic E-state index is 12.8. The van der Waals surface area contributed by atoms with Crippen molar-refractivity contribution >= 4 is 21.6 Å². The van der Waals surface area contributed by atoms with Gasteiger partial charge in [-0.2, -0.15) is 13.2 Å². The van der Waals surface area contributed by atoms with Crippen molar-refractivity contribution in [3.05, 3.63) is 34.8 Å². The van der Waals surface area contributed by atoms with Gasteiger partial charge in [0.25, 0.3) is 0 Å². The summed E-state index contributed by atoms with van der Waals surface area (Å²) in [6, 6.07) is 4.39. The molecule has 0 atom stereocenters.